The minimum Gasteiger partial charge on any atom is -0.426 e. The Kier molecular flexibility index (Phi) is 4.83. The first-order valence-electron chi connectivity index (χ1n) is 8.89. The third kappa shape index (κ3) is 3.23. The van der Waals surface area contributed by atoms with Crippen molar-refractivity contribution in [1.29, 1.82) is 0 Å². The van der Waals surface area contributed by atoms with Gasteiger partial charge in [-0.25, -0.2) is 5.26 Å². The number of para-hydroxylation sites is 2. The normalized spacial score (nSPS) is 13.1. The average Bonchev–Trinajstić information content (AvgIpc) is 2.73. The maximum absolute atomic E-state index is 13.1. The summed E-state index contributed by atoms with van der Waals surface area (Å²) in [5.74, 6) is -0.359. The van der Waals surface area contributed by atoms with Crippen LogP contribution in [0.25, 0.3) is 6.08 Å². The third-order valence-corrected chi connectivity index (χ3v) is 4.87. The quantitative estimate of drug-likeness (QED) is 0.230. The van der Waals surface area contributed by atoms with Crippen LogP contribution in [0.1, 0.15) is 22.6 Å². The van der Waals surface area contributed by atoms with Crippen molar-refractivity contribution in [3.8, 4) is 5.75 Å². The predicted molar refractivity (Wildman–Crippen MR) is 108 cm³/mol. The summed E-state index contributed by atoms with van der Waals surface area (Å²) in [4.78, 5) is 19.2. The number of benzene rings is 3. The summed E-state index contributed by atoms with van der Waals surface area (Å²) in [7, 11) is 2.00. The van der Waals surface area contributed by atoms with Gasteiger partial charge in [0.05, 0.1) is 0 Å². The molecule has 0 amide bonds. The van der Waals surface area contributed by atoms with Gasteiger partial charge >= 0.3 is 5.97 Å². The number of esters is 1. The fraction of sp³-hybridized carbons (Fsp3) is 0.0870. The summed E-state index contributed by atoms with van der Waals surface area (Å²) in [5, 5.41) is 8.36. The minimum absolute atomic E-state index is 0.324. The molecule has 1 aliphatic heterocycles. The summed E-state index contributed by atoms with van der Waals surface area (Å²) < 4.78 is 5.70. The standard InChI is InChI=1S/C23H19NO4/c1-24-20-8-4-2-6-18(20)22(19-7-3-5-9-21(19)24)23(25)28-17-12-10-16(11-13-17)14-15-27-26/h2-15,22,26H,1H3. The molecule has 1 N–H and O–H groups in total. The molecule has 0 spiro atoms. The highest BCUT2D eigenvalue weighted by atomic mass is 17.1. The Morgan fingerprint density at radius 1 is 0.929 bits per heavy atom. The van der Waals surface area contributed by atoms with Gasteiger partial charge in [0.15, 0.2) is 0 Å². The van der Waals surface area contributed by atoms with Crippen molar-refractivity contribution in [3.63, 3.8) is 0 Å². The molecule has 0 atom stereocenters. The molecule has 0 fully saturated rings. The highest BCUT2D eigenvalue weighted by molar-refractivity contribution is 5.92. The SMILES string of the molecule is CN1c2ccccc2C(C(=O)Oc2ccc(C=COO)cc2)c2ccccc21. The first-order valence-corrected chi connectivity index (χ1v) is 8.89. The molecule has 0 bridgehead atoms. The molecule has 0 saturated carbocycles. The average molecular weight is 373 g/mol. The van der Waals surface area contributed by atoms with Crippen LogP contribution < -0.4 is 9.64 Å². The molecule has 0 saturated heterocycles. The van der Waals surface area contributed by atoms with Gasteiger partial charge in [0.2, 0.25) is 0 Å². The second-order valence-electron chi connectivity index (χ2n) is 6.51. The van der Waals surface area contributed by atoms with Gasteiger partial charge in [-0.2, -0.15) is 0 Å². The zero-order chi connectivity index (χ0) is 19.5. The van der Waals surface area contributed by atoms with Gasteiger partial charge in [-0.15, -0.1) is 0 Å². The molecule has 1 aliphatic rings. The van der Waals surface area contributed by atoms with Crippen LogP contribution in [0, 0.1) is 0 Å². The largest absolute Gasteiger partial charge is 0.426 e. The van der Waals surface area contributed by atoms with E-state index in [1.165, 1.54) is 0 Å². The van der Waals surface area contributed by atoms with Gasteiger partial charge in [0.1, 0.15) is 17.9 Å². The monoisotopic (exact) mass is 373 g/mol. The van der Waals surface area contributed by atoms with E-state index in [2.05, 4.69) is 9.79 Å². The van der Waals surface area contributed by atoms with Gasteiger partial charge in [-0.05, 0) is 47.0 Å². The lowest BCUT2D eigenvalue weighted by atomic mass is 9.85. The van der Waals surface area contributed by atoms with Crippen LogP contribution >= 0.6 is 0 Å². The van der Waals surface area contributed by atoms with Crippen LogP contribution in [0.4, 0.5) is 11.4 Å². The smallest absolute Gasteiger partial charge is 0.323 e. The lowest BCUT2D eigenvalue weighted by Gasteiger charge is -2.34. The molecule has 0 aromatic heterocycles. The predicted octanol–water partition coefficient (Wildman–Crippen LogP) is 4.97. The number of rotatable bonds is 4. The third-order valence-electron chi connectivity index (χ3n) is 4.87. The molecule has 0 radical (unpaired) electrons. The van der Waals surface area contributed by atoms with Crippen LogP contribution in [0.3, 0.4) is 0 Å². The van der Waals surface area contributed by atoms with E-state index in [0.29, 0.717) is 5.75 Å². The fourth-order valence-electron chi connectivity index (χ4n) is 3.56. The van der Waals surface area contributed by atoms with Gasteiger partial charge in [-0.3, -0.25) is 4.79 Å². The number of hydrogen-bond acceptors (Lipinski definition) is 5. The lowest BCUT2D eigenvalue weighted by molar-refractivity contribution is -0.185. The Labute approximate surface area is 163 Å². The second-order valence-corrected chi connectivity index (χ2v) is 6.51. The van der Waals surface area contributed by atoms with E-state index < -0.39 is 5.92 Å². The molecule has 3 aromatic rings. The van der Waals surface area contributed by atoms with Crippen molar-refractivity contribution in [2.75, 3.05) is 11.9 Å². The molecular formula is C23H19NO4. The summed E-state index contributed by atoms with van der Waals surface area (Å²) in [6.07, 6.45) is 2.75. The number of hydrogen-bond donors (Lipinski definition) is 1. The topological polar surface area (TPSA) is 59.0 Å². The number of nitrogens with zero attached hydrogens (tertiary/aromatic N) is 1. The molecular weight excluding hydrogens is 354 g/mol. The van der Waals surface area contributed by atoms with Crippen LogP contribution in [0.2, 0.25) is 0 Å². The highest BCUT2D eigenvalue weighted by Gasteiger charge is 2.34. The number of anilines is 2. The zero-order valence-corrected chi connectivity index (χ0v) is 15.3. The van der Waals surface area contributed by atoms with Gasteiger partial charge in [-0.1, -0.05) is 48.5 Å². The van der Waals surface area contributed by atoms with E-state index in [4.69, 9.17) is 9.99 Å². The van der Waals surface area contributed by atoms with E-state index in [1.54, 1.807) is 30.3 Å². The Morgan fingerprint density at radius 2 is 1.50 bits per heavy atom. The van der Waals surface area contributed by atoms with Crippen molar-refractivity contribution in [1.82, 2.24) is 0 Å². The van der Waals surface area contributed by atoms with E-state index in [0.717, 1.165) is 34.3 Å². The molecule has 1 heterocycles. The van der Waals surface area contributed by atoms with E-state index in [-0.39, 0.29) is 5.97 Å². The van der Waals surface area contributed by atoms with Crippen molar-refractivity contribution in [3.05, 3.63) is 95.7 Å². The highest BCUT2D eigenvalue weighted by Crippen LogP contribution is 2.44. The van der Waals surface area contributed by atoms with Gasteiger partial charge in [0.25, 0.3) is 0 Å². The number of carbonyl (C=O) groups is 1. The molecule has 3 aromatic carbocycles. The molecule has 4 rings (SSSR count). The van der Waals surface area contributed by atoms with Crippen molar-refractivity contribution < 1.29 is 19.7 Å². The summed E-state index contributed by atoms with van der Waals surface area (Å²) >= 11 is 0. The first-order chi connectivity index (χ1) is 13.7. The molecule has 0 aliphatic carbocycles. The maximum atomic E-state index is 13.1. The van der Waals surface area contributed by atoms with Gasteiger partial charge in [0, 0.05) is 18.4 Å². The number of carbonyl (C=O) groups excluding carboxylic acids is 1. The van der Waals surface area contributed by atoms with Crippen LogP contribution in [-0.4, -0.2) is 18.3 Å². The van der Waals surface area contributed by atoms with Crippen LogP contribution in [-0.2, 0) is 9.68 Å². The van der Waals surface area contributed by atoms with Gasteiger partial charge < -0.3 is 14.5 Å². The molecule has 28 heavy (non-hydrogen) atoms. The Balaban J connectivity index is 1.66. The van der Waals surface area contributed by atoms with Crippen molar-refractivity contribution in [2.24, 2.45) is 0 Å². The maximum Gasteiger partial charge on any atom is 0.323 e. The fourth-order valence-corrected chi connectivity index (χ4v) is 3.56. The number of fused-ring (bicyclic) bond motifs is 2. The summed E-state index contributed by atoms with van der Waals surface area (Å²) in [5.41, 5.74) is 4.64. The van der Waals surface area contributed by atoms with Crippen LogP contribution in [0.15, 0.2) is 79.1 Å². The van der Waals surface area contributed by atoms with Crippen molar-refractivity contribution in [2.45, 2.75) is 5.92 Å². The van der Waals surface area contributed by atoms with E-state index in [9.17, 15) is 4.79 Å². The van der Waals surface area contributed by atoms with Crippen molar-refractivity contribution >= 4 is 23.4 Å². The van der Waals surface area contributed by atoms with Crippen LogP contribution in [0.5, 0.6) is 5.75 Å². The van der Waals surface area contributed by atoms with E-state index >= 15 is 0 Å². The minimum atomic E-state index is -0.494. The summed E-state index contributed by atoms with van der Waals surface area (Å²) in [6, 6.07) is 22.7. The van der Waals surface area contributed by atoms with E-state index in [1.807, 2.05) is 55.6 Å². The zero-order valence-electron chi connectivity index (χ0n) is 15.3. The number of ether oxygens (including phenoxy) is 1. The Hall–Kier alpha value is -3.57. The second kappa shape index (κ2) is 7.58. The lowest BCUT2D eigenvalue weighted by Crippen LogP contribution is -2.28. The Morgan fingerprint density at radius 3 is 2.07 bits per heavy atom. The molecule has 140 valence electrons. The first kappa shape index (κ1) is 17.8. The Bertz CT molecular complexity index is 979. The molecule has 5 heteroatoms. The summed E-state index contributed by atoms with van der Waals surface area (Å²) in [6.45, 7) is 0. The molecule has 0 unspecified atom stereocenters. The molecule has 5 nitrogen and oxygen atoms in total.